The molecule has 16 heavy (non-hydrogen) atoms. The highest BCUT2D eigenvalue weighted by Crippen LogP contribution is 2.26. The molecule has 0 bridgehead atoms. The second kappa shape index (κ2) is 5.28. The average Bonchev–Trinajstić information content (AvgIpc) is 2.67. The predicted octanol–water partition coefficient (Wildman–Crippen LogP) is 3.69. The number of rotatable bonds is 3. The predicted molar refractivity (Wildman–Crippen MR) is 69.8 cm³/mol. The first-order valence-corrected chi connectivity index (χ1v) is 7.24. The van der Waals surface area contributed by atoms with E-state index in [1.54, 1.807) is 11.3 Å². The Labute approximate surface area is 102 Å². The maximum Gasteiger partial charge on any atom is 0.112 e. The highest BCUT2D eigenvalue weighted by atomic mass is 32.1. The van der Waals surface area contributed by atoms with Crippen molar-refractivity contribution in [3.8, 4) is 0 Å². The minimum absolute atomic E-state index is 0.0309. The molecule has 1 fully saturated rings. The summed E-state index contributed by atoms with van der Waals surface area (Å²) in [6.45, 7) is 4.49. The summed E-state index contributed by atoms with van der Waals surface area (Å²) in [6, 6.07) is 0.682. The minimum Gasteiger partial charge on any atom is -0.303 e. The SMILES string of the molecule is CC(C)(NC1CCCCCC1)c1nccs1. The van der Waals surface area contributed by atoms with Crippen LogP contribution in [0.1, 0.15) is 57.4 Å². The number of aromatic nitrogens is 1. The number of thiazole rings is 1. The van der Waals surface area contributed by atoms with Crippen LogP contribution in [0.15, 0.2) is 11.6 Å². The molecule has 0 radical (unpaired) electrons. The fraction of sp³-hybridized carbons (Fsp3) is 0.769. The van der Waals surface area contributed by atoms with Gasteiger partial charge in [0.15, 0.2) is 0 Å². The number of nitrogens with one attached hydrogen (secondary N) is 1. The van der Waals surface area contributed by atoms with E-state index < -0.39 is 0 Å². The van der Waals surface area contributed by atoms with Crippen LogP contribution in [-0.2, 0) is 5.54 Å². The lowest BCUT2D eigenvalue weighted by molar-refractivity contribution is 0.317. The van der Waals surface area contributed by atoms with Crippen LogP contribution >= 0.6 is 11.3 Å². The molecule has 0 atom stereocenters. The van der Waals surface area contributed by atoms with E-state index in [0.29, 0.717) is 6.04 Å². The lowest BCUT2D eigenvalue weighted by Crippen LogP contribution is -2.43. The summed E-state index contributed by atoms with van der Waals surface area (Å²) in [5, 5.41) is 7.05. The zero-order valence-electron chi connectivity index (χ0n) is 10.3. The Balaban J connectivity index is 1.96. The van der Waals surface area contributed by atoms with E-state index in [-0.39, 0.29) is 5.54 Å². The number of hydrogen-bond acceptors (Lipinski definition) is 3. The van der Waals surface area contributed by atoms with Gasteiger partial charge in [-0.2, -0.15) is 0 Å². The van der Waals surface area contributed by atoms with Gasteiger partial charge >= 0.3 is 0 Å². The molecule has 2 rings (SSSR count). The van der Waals surface area contributed by atoms with Gasteiger partial charge < -0.3 is 5.32 Å². The van der Waals surface area contributed by atoms with Crippen molar-refractivity contribution in [1.82, 2.24) is 10.3 Å². The quantitative estimate of drug-likeness (QED) is 0.812. The van der Waals surface area contributed by atoms with E-state index in [2.05, 4.69) is 29.5 Å². The smallest absolute Gasteiger partial charge is 0.112 e. The fourth-order valence-corrected chi connectivity index (χ4v) is 3.25. The minimum atomic E-state index is 0.0309. The fourth-order valence-electron chi connectivity index (χ4n) is 2.53. The second-order valence-electron chi connectivity index (χ2n) is 5.30. The van der Waals surface area contributed by atoms with Crippen LogP contribution < -0.4 is 5.32 Å². The summed E-state index contributed by atoms with van der Waals surface area (Å²) in [5.41, 5.74) is 0.0309. The summed E-state index contributed by atoms with van der Waals surface area (Å²) in [6.07, 6.45) is 10.1. The van der Waals surface area contributed by atoms with Crippen LogP contribution in [0.4, 0.5) is 0 Å². The van der Waals surface area contributed by atoms with Crippen molar-refractivity contribution in [2.75, 3.05) is 0 Å². The molecule has 0 unspecified atom stereocenters. The highest BCUT2D eigenvalue weighted by Gasteiger charge is 2.26. The zero-order valence-corrected chi connectivity index (χ0v) is 11.1. The van der Waals surface area contributed by atoms with Gasteiger partial charge in [-0.3, -0.25) is 0 Å². The summed E-state index contributed by atoms with van der Waals surface area (Å²) in [4.78, 5) is 4.43. The molecule has 0 aliphatic heterocycles. The molecule has 3 heteroatoms. The van der Waals surface area contributed by atoms with E-state index >= 15 is 0 Å². The van der Waals surface area contributed by atoms with Crippen LogP contribution in [0.3, 0.4) is 0 Å². The molecule has 90 valence electrons. The molecule has 0 saturated heterocycles. The molecule has 1 aromatic heterocycles. The maximum atomic E-state index is 4.43. The van der Waals surface area contributed by atoms with Crippen molar-refractivity contribution in [3.63, 3.8) is 0 Å². The Kier molecular flexibility index (Phi) is 3.98. The lowest BCUT2D eigenvalue weighted by Gasteiger charge is -2.29. The van der Waals surface area contributed by atoms with Gasteiger partial charge in [-0.15, -0.1) is 11.3 Å². The van der Waals surface area contributed by atoms with Crippen molar-refractivity contribution in [2.45, 2.75) is 64.0 Å². The first kappa shape index (κ1) is 12.1. The first-order chi connectivity index (χ1) is 7.68. The third-order valence-corrected chi connectivity index (χ3v) is 4.48. The Bertz CT molecular complexity index is 298. The molecule has 0 aromatic carbocycles. The Morgan fingerprint density at radius 2 is 1.94 bits per heavy atom. The van der Waals surface area contributed by atoms with Gasteiger partial charge in [0, 0.05) is 17.6 Å². The van der Waals surface area contributed by atoms with Crippen molar-refractivity contribution in [2.24, 2.45) is 0 Å². The van der Waals surface area contributed by atoms with E-state index in [1.807, 2.05) is 6.20 Å². The highest BCUT2D eigenvalue weighted by molar-refractivity contribution is 7.09. The summed E-state index contributed by atoms with van der Waals surface area (Å²) in [7, 11) is 0. The third-order valence-electron chi connectivity index (χ3n) is 3.39. The molecule has 1 aliphatic rings. The standard InChI is InChI=1S/C13H22N2S/c1-13(2,12-14-9-10-16-12)15-11-7-5-3-4-6-8-11/h9-11,15H,3-8H2,1-2H3. The Hall–Kier alpha value is -0.410. The largest absolute Gasteiger partial charge is 0.303 e. The van der Waals surface area contributed by atoms with E-state index in [9.17, 15) is 0 Å². The Morgan fingerprint density at radius 3 is 2.50 bits per heavy atom. The number of hydrogen-bond donors (Lipinski definition) is 1. The Morgan fingerprint density at radius 1 is 1.25 bits per heavy atom. The van der Waals surface area contributed by atoms with Crippen LogP contribution in [0.25, 0.3) is 0 Å². The van der Waals surface area contributed by atoms with Gasteiger partial charge in [0.25, 0.3) is 0 Å². The van der Waals surface area contributed by atoms with Crippen molar-refractivity contribution < 1.29 is 0 Å². The van der Waals surface area contributed by atoms with E-state index in [0.717, 1.165) is 0 Å². The second-order valence-corrected chi connectivity index (χ2v) is 6.19. The summed E-state index contributed by atoms with van der Waals surface area (Å²) >= 11 is 1.75. The molecule has 0 amide bonds. The molecule has 1 heterocycles. The van der Waals surface area contributed by atoms with Crippen molar-refractivity contribution >= 4 is 11.3 Å². The molecule has 1 saturated carbocycles. The van der Waals surface area contributed by atoms with Gasteiger partial charge in [0.05, 0.1) is 5.54 Å². The molecule has 0 spiro atoms. The van der Waals surface area contributed by atoms with Crippen LogP contribution in [-0.4, -0.2) is 11.0 Å². The van der Waals surface area contributed by atoms with Gasteiger partial charge in [-0.05, 0) is 26.7 Å². The first-order valence-electron chi connectivity index (χ1n) is 6.36. The molecular weight excluding hydrogens is 216 g/mol. The molecule has 2 nitrogen and oxygen atoms in total. The van der Waals surface area contributed by atoms with Gasteiger partial charge in [0.1, 0.15) is 5.01 Å². The topological polar surface area (TPSA) is 24.9 Å². The van der Waals surface area contributed by atoms with Crippen molar-refractivity contribution in [3.05, 3.63) is 16.6 Å². The molecule has 1 aromatic rings. The summed E-state index contributed by atoms with van der Waals surface area (Å²) in [5.74, 6) is 0. The van der Waals surface area contributed by atoms with E-state index in [4.69, 9.17) is 0 Å². The molecule has 1 N–H and O–H groups in total. The van der Waals surface area contributed by atoms with Gasteiger partial charge in [-0.25, -0.2) is 4.98 Å². The summed E-state index contributed by atoms with van der Waals surface area (Å²) < 4.78 is 0. The van der Waals surface area contributed by atoms with Crippen LogP contribution in [0, 0.1) is 0 Å². The average molecular weight is 238 g/mol. The van der Waals surface area contributed by atoms with Gasteiger partial charge in [0.2, 0.25) is 0 Å². The third kappa shape index (κ3) is 3.05. The zero-order chi connectivity index (χ0) is 11.4. The normalized spacial score (nSPS) is 19.6. The lowest BCUT2D eigenvalue weighted by atomic mass is 10.0. The van der Waals surface area contributed by atoms with E-state index in [1.165, 1.54) is 43.5 Å². The van der Waals surface area contributed by atoms with Crippen LogP contribution in [0.5, 0.6) is 0 Å². The maximum absolute atomic E-state index is 4.43. The van der Waals surface area contributed by atoms with Crippen LogP contribution in [0.2, 0.25) is 0 Å². The monoisotopic (exact) mass is 238 g/mol. The molecular formula is C13H22N2S. The molecule has 1 aliphatic carbocycles. The van der Waals surface area contributed by atoms with Gasteiger partial charge in [-0.1, -0.05) is 25.7 Å². The number of nitrogens with zero attached hydrogens (tertiary/aromatic N) is 1. The van der Waals surface area contributed by atoms with Crippen molar-refractivity contribution in [1.29, 1.82) is 0 Å².